The van der Waals surface area contributed by atoms with Crippen LogP contribution in [0.25, 0.3) is 22.1 Å². The molecule has 0 unspecified atom stereocenters. The first-order chi connectivity index (χ1) is 7.45. The smallest absolute Gasteiger partial charge is 0.135 e. The highest BCUT2D eigenvalue weighted by Gasteiger charge is 2.04. The van der Waals surface area contributed by atoms with Crippen molar-refractivity contribution < 1.29 is 4.42 Å². The average molecular weight is 193 g/mol. The molecule has 0 N–H and O–H groups in total. The van der Waals surface area contributed by atoms with E-state index in [-0.39, 0.29) is 0 Å². The maximum absolute atomic E-state index is 5.40. The van der Waals surface area contributed by atoms with Gasteiger partial charge < -0.3 is 4.42 Å². The average Bonchev–Trinajstić information content (AvgIpc) is 2.82. The highest BCUT2D eigenvalue weighted by atomic mass is 16.3. The molecule has 0 bridgehead atoms. The summed E-state index contributed by atoms with van der Waals surface area (Å²) in [6.07, 6.45) is 1.69. The largest absolute Gasteiger partial charge is 0.464 e. The molecule has 0 saturated carbocycles. The summed E-state index contributed by atoms with van der Waals surface area (Å²) in [5.41, 5.74) is 1.03. The molecule has 0 aliphatic heterocycles. The highest BCUT2D eigenvalue weighted by Crippen LogP contribution is 2.27. The van der Waals surface area contributed by atoms with E-state index >= 15 is 0 Å². The quantitative estimate of drug-likeness (QED) is 0.571. The monoisotopic (exact) mass is 193 g/mol. The highest BCUT2D eigenvalue weighted by molar-refractivity contribution is 5.95. The molecule has 1 heterocycles. The second kappa shape index (κ2) is 3.28. The molecule has 1 heteroatoms. The molecular weight excluding hydrogens is 184 g/mol. The molecule has 3 rings (SSSR count). The standard InChI is InChI=1S/C14H9O/c1-2-7-12-11(5-1)6-3-8-13(12)14-9-4-10-15-14/h1-7,9-10H. The summed E-state index contributed by atoms with van der Waals surface area (Å²) in [5.74, 6) is 0.867. The van der Waals surface area contributed by atoms with Crippen molar-refractivity contribution >= 4 is 10.8 Å². The zero-order chi connectivity index (χ0) is 10.1. The van der Waals surface area contributed by atoms with Crippen LogP contribution < -0.4 is 0 Å². The Hall–Kier alpha value is -2.02. The van der Waals surface area contributed by atoms with Crippen molar-refractivity contribution in [3.05, 3.63) is 60.9 Å². The summed E-state index contributed by atoms with van der Waals surface area (Å²) < 4.78 is 5.40. The maximum Gasteiger partial charge on any atom is 0.135 e. The fourth-order valence-corrected chi connectivity index (χ4v) is 1.79. The molecule has 0 aliphatic carbocycles. The van der Waals surface area contributed by atoms with E-state index in [9.17, 15) is 0 Å². The molecular formula is C14H9O. The van der Waals surface area contributed by atoms with Crippen LogP contribution in [-0.2, 0) is 0 Å². The van der Waals surface area contributed by atoms with E-state index in [2.05, 4.69) is 24.3 Å². The van der Waals surface area contributed by atoms with Gasteiger partial charge in [0.15, 0.2) is 0 Å². The number of fused-ring (bicyclic) bond motifs is 1. The lowest BCUT2D eigenvalue weighted by Gasteiger charge is -2.02. The first-order valence-corrected chi connectivity index (χ1v) is 4.88. The summed E-state index contributed by atoms with van der Waals surface area (Å²) in [6.45, 7) is 0. The molecule has 71 valence electrons. The zero-order valence-corrected chi connectivity index (χ0v) is 8.10. The second-order valence-corrected chi connectivity index (χ2v) is 3.42. The Kier molecular flexibility index (Phi) is 1.82. The fraction of sp³-hybridized carbons (Fsp3) is 0. The van der Waals surface area contributed by atoms with Gasteiger partial charge in [0, 0.05) is 5.56 Å². The summed E-state index contributed by atoms with van der Waals surface area (Å²) in [4.78, 5) is 0. The van der Waals surface area contributed by atoms with E-state index in [1.807, 2.05) is 30.3 Å². The summed E-state index contributed by atoms with van der Waals surface area (Å²) >= 11 is 0. The second-order valence-electron chi connectivity index (χ2n) is 3.42. The van der Waals surface area contributed by atoms with Gasteiger partial charge in [-0.2, -0.15) is 0 Å². The maximum atomic E-state index is 5.40. The van der Waals surface area contributed by atoms with Gasteiger partial charge in [0.1, 0.15) is 5.76 Å². The number of benzene rings is 2. The predicted molar refractivity (Wildman–Crippen MR) is 60.5 cm³/mol. The van der Waals surface area contributed by atoms with Crippen LogP contribution in [0.1, 0.15) is 0 Å². The van der Waals surface area contributed by atoms with Crippen molar-refractivity contribution in [1.82, 2.24) is 0 Å². The molecule has 0 fully saturated rings. The number of rotatable bonds is 1. The van der Waals surface area contributed by atoms with E-state index in [1.54, 1.807) is 6.26 Å². The van der Waals surface area contributed by atoms with Crippen LogP contribution in [0.5, 0.6) is 0 Å². The van der Waals surface area contributed by atoms with Gasteiger partial charge in [0.2, 0.25) is 0 Å². The van der Waals surface area contributed by atoms with Gasteiger partial charge in [-0.05, 0) is 29.0 Å². The SMILES string of the molecule is [c]1ccc2ccccc2c1-c1ccco1. The Morgan fingerprint density at radius 1 is 0.933 bits per heavy atom. The minimum absolute atomic E-state index is 0.867. The van der Waals surface area contributed by atoms with Crippen molar-refractivity contribution in [3.8, 4) is 11.3 Å². The lowest BCUT2D eigenvalue weighted by atomic mass is 10.0. The summed E-state index contributed by atoms with van der Waals surface area (Å²) in [7, 11) is 0. The summed E-state index contributed by atoms with van der Waals surface area (Å²) in [5, 5.41) is 2.39. The molecule has 2 aromatic carbocycles. The van der Waals surface area contributed by atoms with Gasteiger partial charge in [-0.15, -0.1) is 0 Å². The normalized spacial score (nSPS) is 10.7. The topological polar surface area (TPSA) is 13.1 Å². The van der Waals surface area contributed by atoms with Gasteiger partial charge in [0.25, 0.3) is 0 Å². The van der Waals surface area contributed by atoms with Crippen molar-refractivity contribution in [2.75, 3.05) is 0 Å². The zero-order valence-electron chi connectivity index (χ0n) is 8.10. The van der Waals surface area contributed by atoms with E-state index < -0.39 is 0 Å². The molecule has 15 heavy (non-hydrogen) atoms. The van der Waals surface area contributed by atoms with E-state index in [4.69, 9.17) is 4.42 Å². The lowest BCUT2D eigenvalue weighted by Crippen LogP contribution is -1.78. The molecule has 0 saturated heterocycles. The Bertz CT molecular complexity index is 574. The van der Waals surface area contributed by atoms with Crippen molar-refractivity contribution in [2.45, 2.75) is 0 Å². The minimum Gasteiger partial charge on any atom is -0.464 e. The Balaban J connectivity index is 2.36. The van der Waals surface area contributed by atoms with Crippen LogP contribution >= 0.6 is 0 Å². The van der Waals surface area contributed by atoms with E-state index in [0.717, 1.165) is 11.3 Å². The predicted octanol–water partition coefficient (Wildman–Crippen LogP) is 3.90. The number of hydrogen-bond donors (Lipinski definition) is 0. The molecule has 1 nitrogen and oxygen atoms in total. The van der Waals surface area contributed by atoms with Crippen LogP contribution in [-0.4, -0.2) is 0 Å². The third-order valence-corrected chi connectivity index (χ3v) is 2.49. The van der Waals surface area contributed by atoms with Gasteiger partial charge in [-0.1, -0.05) is 36.4 Å². The van der Waals surface area contributed by atoms with Crippen LogP contribution in [0.3, 0.4) is 0 Å². The lowest BCUT2D eigenvalue weighted by molar-refractivity contribution is 0.583. The summed E-state index contributed by atoms with van der Waals surface area (Å²) in [6, 6.07) is 19.3. The van der Waals surface area contributed by atoms with Crippen molar-refractivity contribution in [1.29, 1.82) is 0 Å². The third kappa shape index (κ3) is 1.33. The van der Waals surface area contributed by atoms with E-state index in [1.165, 1.54) is 10.8 Å². The Labute approximate surface area is 88.0 Å². The molecule has 0 atom stereocenters. The molecule has 0 amide bonds. The number of hydrogen-bond acceptors (Lipinski definition) is 1. The Morgan fingerprint density at radius 2 is 1.87 bits per heavy atom. The van der Waals surface area contributed by atoms with Crippen LogP contribution in [0.15, 0.2) is 59.2 Å². The molecule has 3 aromatic rings. The first kappa shape index (κ1) is 8.30. The van der Waals surface area contributed by atoms with Gasteiger partial charge in [0.05, 0.1) is 6.26 Å². The van der Waals surface area contributed by atoms with Crippen LogP contribution in [0.2, 0.25) is 0 Å². The molecule has 0 spiro atoms. The third-order valence-electron chi connectivity index (χ3n) is 2.49. The minimum atomic E-state index is 0.867. The van der Waals surface area contributed by atoms with Crippen LogP contribution in [0, 0.1) is 6.07 Å². The molecule has 1 aromatic heterocycles. The Morgan fingerprint density at radius 3 is 2.73 bits per heavy atom. The molecule has 0 aliphatic rings. The first-order valence-electron chi connectivity index (χ1n) is 4.88. The van der Waals surface area contributed by atoms with Gasteiger partial charge in [-0.3, -0.25) is 0 Å². The molecule has 1 radical (unpaired) electrons. The van der Waals surface area contributed by atoms with Gasteiger partial charge in [-0.25, -0.2) is 0 Å². The van der Waals surface area contributed by atoms with Crippen molar-refractivity contribution in [3.63, 3.8) is 0 Å². The number of furan rings is 1. The van der Waals surface area contributed by atoms with Crippen LogP contribution in [0.4, 0.5) is 0 Å². The van der Waals surface area contributed by atoms with Gasteiger partial charge >= 0.3 is 0 Å². The fourth-order valence-electron chi connectivity index (χ4n) is 1.79. The van der Waals surface area contributed by atoms with E-state index in [0.29, 0.717) is 0 Å². The van der Waals surface area contributed by atoms with Crippen molar-refractivity contribution in [2.24, 2.45) is 0 Å².